The fraction of sp³-hybridized carbons (Fsp3) is 0.389. The zero-order valence-electron chi connectivity index (χ0n) is 14.9. The number of anilines is 1. The van der Waals surface area contributed by atoms with Crippen molar-refractivity contribution in [2.24, 2.45) is 11.8 Å². The highest BCUT2D eigenvalue weighted by Crippen LogP contribution is 2.35. The molecular formula is C18H19N3O6. The number of hydrogen-bond acceptors (Lipinski definition) is 6. The lowest BCUT2D eigenvalue weighted by Gasteiger charge is -2.16. The Hall–Kier alpha value is -3.23. The van der Waals surface area contributed by atoms with Crippen LogP contribution in [0.2, 0.25) is 0 Å². The van der Waals surface area contributed by atoms with E-state index >= 15 is 0 Å². The number of benzene rings is 1. The number of aryl methyl sites for hydroxylation is 1. The molecule has 3 amide bonds. The monoisotopic (exact) mass is 373 g/mol. The van der Waals surface area contributed by atoms with Gasteiger partial charge in [0.1, 0.15) is 6.54 Å². The molecule has 0 saturated carbocycles. The van der Waals surface area contributed by atoms with Crippen LogP contribution in [0.5, 0.6) is 5.75 Å². The minimum atomic E-state index is -0.575. The van der Waals surface area contributed by atoms with Crippen LogP contribution >= 0.6 is 0 Å². The average molecular weight is 373 g/mol. The zero-order chi connectivity index (χ0) is 19.7. The Kier molecular flexibility index (Phi) is 4.93. The molecular weight excluding hydrogens is 354 g/mol. The van der Waals surface area contributed by atoms with Crippen molar-refractivity contribution in [2.45, 2.75) is 19.8 Å². The Morgan fingerprint density at radius 3 is 2.37 bits per heavy atom. The van der Waals surface area contributed by atoms with Crippen molar-refractivity contribution >= 4 is 29.1 Å². The summed E-state index contributed by atoms with van der Waals surface area (Å²) in [6, 6.07) is 2.64. The van der Waals surface area contributed by atoms with Crippen molar-refractivity contribution in [1.82, 2.24) is 4.90 Å². The lowest BCUT2D eigenvalue weighted by Crippen LogP contribution is -2.38. The predicted octanol–water partition coefficient (Wildman–Crippen LogP) is 1.80. The van der Waals surface area contributed by atoms with Crippen LogP contribution in [0.25, 0.3) is 0 Å². The van der Waals surface area contributed by atoms with Crippen molar-refractivity contribution < 1.29 is 24.0 Å². The van der Waals surface area contributed by atoms with Gasteiger partial charge < -0.3 is 10.1 Å². The summed E-state index contributed by atoms with van der Waals surface area (Å²) < 4.78 is 5.00. The summed E-state index contributed by atoms with van der Waals surface area (Å²) in [5.41, 5.74) is 0.572. The Morgan fingerprint density at radius 1 is 1.26 bits per heavy atom. The van der Waals surface area contributed by atoms with Gasteiger partial charge in [-0.15, -0.1) is 0 Å². The number of nitro groups is 1. The molecule has 1 heterocycles. The van der Waals surface area contributed by atoms with Gasteiger partial charge >= 0.3 is 5.69 Å². The van der Waals surface area contributed by atoms with Crippen LogP contribution < -0.4 is 10.1 Å². The number of likely N-dealkylation sites (tertiary alicyclic amines) is 1. The number of carbonyl (C=O) groups is 3. The van der Waals surface area contributed by atoms with E-state index in [2.05, 4.69) is 5.32 Å². The summed E-state index contributed by atoms with van der Waals surface area (Å²) in [7, 11) is 1.29. The molecule has 1 saturated heterocycles. The van der Waals surface area contributed by atoms with Crippen LogP contribution in [0.3, 0.4) is 0 Å². The third-order valence-electron chi connectivity index (χ3n) is 4.90. The van der Waals surface area contributed by atoms with Gasteiger partial charge in [-0.3, -0.25) is 29.4 Å². The first kappa shape index (κ1) is 18.6. The van der Waals surface area contributed by atoms with Gasteiger partial charge in [-0.2, -0.15) is 0 Å². The van der Waals surface area contributed by atoms with E-state index in [-0.39, 0.29) is 29.8 Å². The molecule has 1 N–H and O–H groups in total. The topological polar surface area (TPSA) is 119 Å². The second-order valence-corrected chi connectivity index (χ2v) is 6.56. The van der Waals surface area contributed by atoms with Gasteiger partial charge in [0.2, 0.25) is 17.7 Å². The van der Waals surface area contributed by atoms with Crippen LogP contribution in [0.15, 0.2) is 24.3 Å². The number of fused-ring (bicyclic) bond motifs is 1. The predicted molar refractivity (Wildman–Crippen MR) is 95.1 cm³/mol. The molecule has 0 aromatic heterocycles. The molecule has 27 heavy (non-hydrogen) atoms. The van der Waals surface area contributed by atoms with Gasteiger partial charge in [0.05, 0.1) is 23.9 Å². The van der Waals surface area contributed by atoms with E-state index in [1.54, 1.807) is 6.92 Å². The highest BCUT2D eigenvalue weighted by atomic mass is 16.6. The molecule has 0 unspecified atom stereocenters. The molecule has 2 aliphatic rings. The largest absolute Gasteiger partial charge is 0.490 e. The molecule has 1 aliphatic heterocycles. The van der Waals surface area contributed by atoms with Crippen LogP contribution in [0.4, 0.5) is 11.4 Å². The summed E-state index contributed by atoms with van der Waals surface area (Å²) in [4.78, 5) is 48.7. The maximum absolute atomic E-state index is 12.4. The van der Waals surface area contributed by atoms with Crippen LogP contribution in [0.1, 0.15) is 18.4 Å². The number of rotatable bonds is 5. The molecule has 0 radical (unpaired) electrons. The number of nitro benzene ring substituents is 1. The summed E-state index contributed by atoms with van der Waals surface area (Å²) in [6.45, 7) is 1.22. The first-order chi connectivity index (χ1) is 12.8. The molecule has 9 heteroatoms. The number of imide groups is 1. The van der Waals surface area contributed by atoms with E-state index in [4.69, 9.17) is 4.74 Å². The zero-order valence-corrected chi connectivity index (χ0v) is 14.9. The number of methoxy groups -OCH3 is 1. The number of hydrogen-bond donors (Lipinski definition) is 1. The summed E-state index contributed by atoms with van der Waals surface area (Å²) in [5.74, 6) is -1.99. The fourth-order valence-electron chi connectivity index (χ4n) is 3.47. The minimum Gasteiger partial charge on any atom is -0.490 e. The number of ether oxygens (including phenoxy) is 1. The third-order valence-corrected chi connectivity index (χ3v) is 4.90. The quantitative estimate of drug-likeness (QED) is 0.364. The van der Waals surface area contributed by atoms with Crippen molar-refractivity contribution in [3.8, 4) is 5.75 Å². The second-order valence-electron chi connectivity index (χ2n) is 6.56. The molecule has 1 aliphatic carbocycles. The molecule has 0 bridgehead atoms. The lowest BCUT2D eigenvalue weighted by atomic mass is 9.85. The standard InChI is InChI=1S/C18H19N3O6/c1-10-7-14(21(25)26)15(27-2)8-13(10)19-16(22)9-20-17(23)11-5-3-4-6-12(11)18(20)24/h3-4,7-8,11-12H,5-6,9H2,1-2H3,(H,19,22)/t11-,12-/m0/s1. The molecule has 9 nitrogen and oxygen atoms in total. The summed E-state index contributed by atoms with van der Waals surface area (Å²) in [5, 5.41) is 13.6. The Morgan fingerprint density at radius 2 is 1.85 bits per heavy atom. The summed E-state index contributed by atoms with van der Waals surface area (Å²) >= 11 is 0. The van der Waals surface area contributed by atoms with E-state index in [1.165, 1.54) is 19.2 Å². The Labute approximate surface area is 155 Å². The van der Waals surface area contributed by atoms with Crippen LogP contribution in [-0.4, -0.2) is 41.2 Å². The van der Waals surface area contributed by atoms with Gasteiger partial charge in [0, 0.05) is 17.8 Å². The first-order valence-corrected chi connectivity index (χ1v) is 8.46. The van der Waals surface area contributed by atoms with Crippen LogP contribution in [0, 0.1) is 28.9 Å². The van der Waals surface area contributed by atoms with E-state index in [0.29, 0.717) is 24.1 Å². The van der Waals surface area contributed by atoms with Crippen LogP contribution in [-0.2, 0) is 14.4 Å². The van der Waals surface area contributed by atoms with Gasteiger partial charge in [0.25, 0.3) is 0 Å². The van der Waals surface area contributed by atoms with Gasteiger partial charge in [-0.25, -0.2) is 0 Å². The molecule has 1 aromatic rings. The highest BCUT2D eigenvalue weighted by Gasteiger charge is 2.47. The number of nitrogens with one attached hydrogen (secondary N) is 1. The lowest BCUT2D eigenvalue weighted by molar-refractivity contribution is -0.385. The maximum Gasteiger partial charge on any atom is 0.311 e. The molecule has 1 fully saturated rings. The number of allylic oxidation sites excluding steroid dienone is 2. The van der Waals surface area contributed by atoms with Gasteiger partial charge in [0.15, 0.2) is 5.75 Å². The number of amides is 3. The Bertz CT molecular complexity index is 837. The molecule has 0 spiro atoms. The minimum absolute atomic E-state index is 0.00585. The maximum atomic E-state index is 12.4. The molecule has 2 atom stereocenters. The van der Waals surface area contributed by atoms with Crippen molar-refractivity contribution in [2.75, 3.05) is 19.0 Å². The highest BCUT2D eigenvalue weighted by molar-refractivity contribution is 6.09. The fourth-order valence-corrected chi connectivity index (χ4v) is 3.47. The summed E-state index contributed by atoms with van der Waals surface area (Å²) in [6.07, 6.45) is 4.77. The van der Waals surface area contributed by atoms with Crippen molar-refractivity contribution in [1.29, 1.82) is 0 Å². The second kappa shape index (κ2) is 7.18. The van der Waals surface area contributed by atoms with E-state index in [1.807, 2.05) is 12.2 Å². The van der Waals surface area contributed by atoms with Crippen molar-refractivity contribution in [3.63, 3.8) is 0 Å². The third kappa shape index (κ3) is 3.40. The number of nitrogens with zero attached hydrogens (tertiary/aromatic N) is 2. The van der Waals surface area contributed by atoms with Crippen molar-refractivity contribution in [3.05, 3.63) is 40.0 Å². The van der Waals surface area contributed by atoms with E-state index < -0.39 is 22.7 Å². The number of carbonyl (C=O) groups excluding carboxylic acids is 3. The van der Waals surface area contributed by atoms with E-state index in [0.717, 1.165) is 4.90 Å². The molecule has 1 aromatic carbocycles. The van der Waals surface area contributed by atoms with Gasteiger partial charge in [-0.1, -0.05) is 12.2 Å². The normalized spacial score (nSPS) is 21.2. The molecule has 3 rings (SSSR count). The smallest absolute Gasteiger partial charge is 0.311 e. The SMILES string of the molecule is COc1cc(NC(=O)CN2C(=O)[C@H]3CC=CC[C@@H]3C2=O)c(C)cc1[N+](=O)[O-]. The van der Waals surface area contributed by atoms with E-state index in [9.17, 15) is 24.5 Å². The molecule has 142 valence electrons. The average Bonchev–Trinajstić information content (AvgIpc) is 2.88. The first-order valence-electron chi connectivity index (χ1n) is 8.46. The van der Waals surface area contributed by atoms with Gasteiger partial charge in [-0.05, 0) is 25.3 Å². The Balaban J connectivity index is 1.74.